The Hall–Kier alpha value is -0.680. The largest absolute Gasteiger partial charge is 0.480 e. The van der Waals surface area contributed by atoms with Gasteiger partial charge in [0.2, 0.25) is 0 Å². The molecule has 0 spiro atoms. The number of hydrogen-bond acceptors (Lipinski definition) is 6. The van der Waals surface area contributed by atoms with Crippen LogP contribution in [0.2, 0.25) is 0 Å². The number of nitrogens with zero attached hydrogens (tertiary/aromatic N) is 2. The summed E-state index contributed by atoms with van der Waals surface area (Å²) in [4.78, 5) is 0. The van der Waals surface area contributed by atoms with Gasteiger partial charge in [-0.1, -0.05) is 32.6 Å². The van der Waals surface area contributed by atoms with Gasteiger partial charge >= 0.3 is 11.0 Å². The van der Waals surface area contributed by atoms with Crippen molar-refractivity contribution in [3.05, 3.63) is 4.13 Å². The van der Waals surface area contributed by atoms with Gasteiger partial charge in [0, 0.05) is 0 Å². The van der Waals surface area contributed by atoms with E-state index in [4.69, 9.17) is 10.2 Å². The lowest BCUT2D eigenvalue weighted by atomic mass is 10.1. The number of aliphatic hydroxyl groups is 2. The predicted octanol–water partition coefficient (Wildman–Crippen LogP) is 3.23. The zero-order chi connectivity index (χ0) is 25.7. The lowest BCUT2D eigenvalue weighted by molar-refractivity contribution is -0.927. The van der Waals surface area contributed by atoms with Crippen LogP contribution in [0.5, 0.6) is 0 Å². The predicted molar refractivity (Wildman–Crippen MR) is 106 cm³/mol. The Bertz CT molecular complexity index is 664. The first-order valence-corrected chi connectivity index (χ1v) is 12.8. The van der Waals surface area contributed by atoms with Crippen LogP contribution in [0.1, 0.15) is 52.4 Å². The monoisotopic (exact) mass is 526 g/mol. The van der Waals surface area contributed by atoms with E-state index in [-0.39, 0.29) is 13.2 Å². The SMILES string of the molecule is CCCCCCCC[N+](CC)(CCO)CCO.O=S(=O)([N-]S(=O)(=O)C(F)(F)F)C(F)(F)F. The Morgan fingerprint density at radius 1 is 0.688 bits per heavy atom. The Balaban J connectivity index is 0. The van der Waals surface area contributed by atoms with Crippen LogP contribution in [0.3, 0.4) is 0 Å². The standard InChI is InChI=1S/C14H32NO2.C2F6NO4S2/c1-3-5-6-7-8-9-10-15(4-2,11-13-16)12-14-17;3-1(4,5)14(10,11)9-15(12,13)2(6,7)8/h16-17H,3-14H2,1-2H3;/q+1;-1. The van der Waals surface area contributed by atoms with E-state index < -0.39 is 31.1 Å². The van der Waals surface area contributed by atoms with Crippen molar-refractivity contribution in [3.63, 3.8) is 0 Å². The maximum absolute atomic E-state index is 11.4. The summed E-state index contributed by atoms with van der Waals surface area (Å²) in [5.41, 5.74) is -12.4. The minimum atomic E-state index is -6.72. The molecule has 196 valence electrons. The summed E-state index contributed by atoms with van der Waals surface area (Å²) in [6.07, 6.45) is 7.83. The van der Waals surface area contributed by atoms with Gasteiger partial charge in [-0.15, -0.1) is 0 Å². The Morgan fingerprint density at radius 3 is 1.38 bits per heavy atom. The van der Waals surface area contributed by atoms with Crippen LogP contribution in [0.25, 0.3) is 4.13 Å². The number of sulfonamides is 2. The molecule has 0 radical (unpaired) electrons. The highest BCUT2D eigenvalue weighted by molar-refractivity contribution is 8.13. The fourth-order valence-electron chi connectivity index (χ4n) is 2.68. The van der Waals surface area contributed by atoms with Crippen LogP contribution >= 0.6 is 0 Å². The third-order valence-corrected chi connectivity index (χ3v) is 7.33. The van der Waals surface area contributed by atoms with Gasteiger partial charge in [0.25, 0.3) is 0 Å². The lowest BCUT2D eigenvalue weighted by Crippen LogP contribution is -2.52. The van der Waals surface area contributed by atoms with Crippen molar-refractivity contribution < 1.29 is 57.9 Å². The summed E-state index contributed by atoms with van der Waals surface area (Å²) in [7, 11) is -13.4. The number of hydrogen-bond donors (Lipinski definition) is 2. The highest BCUT2D eigenvalue weighted by atomic mass is 32.3. The van der Waals surface area contributed by atoms with Crippen LogP contribution in [-0.2, 0) is 20.0 Å². The zero-order valence-electron chi connectivity index (χ0n) is 18.0. The first-order valence-electron chi connectivity index (χ1n) is 9.89. The average Bonchev–Trinajstić information content (AvgIpc) is 2.62. The fraction of sp³-hybridized carbons (Fsp3) is 1.00. The second-order valence-electron chi connectivity index (χ2n) is 6.96. The van der Waals surface area contributed by atoms with Gasteiger partial charge in [0.1, 0.15) is 13.1 Å². The minimum absolute atomic E-state index is 0.226. The van der Waals surface area contributed by atoms with Crippen molar-refractivity contribution in [2.24, 2.45) is 0 Å². The van der Waals surface area contributed by atoms with Crippen molar-refractivity contribution in [1.29, 1.82) is 0 Å². The molecule has 0 aliphatic carbocycles. The van der Waals surface area contributed by atoms with Crippen molar-refractivity contribution in [1.82, 2.24) is 0 Å². The molecule has 0 saturated carbocycles. The number of alkyl halides is 6. The van der Waals surface area contributed by atoms with E-state index in [1.165, 1.54) is 38.5 Å². The zero-order valence-corrected chi connectivity index (χ0v) is 19.6. The van der Waals surface area contributed by atoms with Gasteiger partial charge in [-0.05, 0) is 19.8 Å². The molecule has 16 heteroatoms. The molecule has 0 aliphatic rings. The van der Waals surface area contributed by atoms with Crippen LogP contribution < -0.4 is 0 Å². The normalized spacial score (nSPS) is 13.6. The Kier molecular flexibility index (Phi) is 15.2. The summed E-state index contributed by atoms with van der Waals surface area (Å²) < 4.78 is 110. The lowest BCUT2D eigenvalue weighted by Gasteiger charge is -2.37. The molecular weight excluding hydrogens is 494 g/mol. The van der Waals surface area contributed by atoms with Crippen LogP contribution in [0.4, 0.5) is 26.3 Å². The fourth-order valence-corrected chi connectivity index (χ4v) is 4.38. The molecule has 8 nitrogen and oxygen atoms in total. The number of unbranched alkanes of at least 4 members (excludes halogenated alkanes) is 5. The van der Waals surface area contributed by atoms with E-state index in [1.54, 1.807) is 0 Å². The highest BCUT2D eigenvalue weighted by Gasteiger charge is 2.46. The molecule has 0 atom stereocenters. The number of aliphatic hydroxyl groups excluding tert-OH is 2. The summed E-state index contributed by atoms with van der Waals surface area (Å²) in [5.74, 6) is 0. The number of likely N-dealkylation sites (N-methyl/N-ethyl adjacent to an activating group) is 1. The molecular formula is C16H32F6N2O6S2. The maximum Gasteiger partial charge on any atom is 0.480 e. The molecule has 0 amide bonds. The number of rotatable bonds is 14. The third-order valence-electron chi connectivity index (χ3n) is 4.59. The number of quaternary nitrogens is 1. The molecule has 2 N–H and O–H groups in total. The topological polar surface area (TPSA) is 123 Å². The summed E-state index contributed by atoms with van der Waals surface area (Å²) in [6.45, 7) is 8.52. The van der Waals surface area contributed by atoms with E-state index >= 15 is 0 Å². The van der Waals surface area contributed by atoms with Crippen molar-refractivity contribution in [2.45, 2.75) is 63.4 Å². The van der Waals surface area contributed by atoms with Crippen molar-refractivity contribution in [3.8, 4) is 0 Å². The van der Waals surface area contributed by atoms with Crippen LogP contribution in [-0.4, -0.2) is 81.9 Å². The van der Waals surface area contributed by atoms with Gasteiger partial charge in [-0.3, -0.25) is 0 Å². The molecule has 32 heavy (non-hydrogen) atoms. The highest BCUT2D eigenvalue weighted by Crippen LogP contribution is 2.36. The molecule has 0 saturated heterocycles. The molecule has 0 heterocycles. The Labute approximate surface area is 185 Å². The van der Waals surface area contributed by atoms with E-state index in [1.807, 2.05) is 0 Å². The quantitative estimate of drug-likeness (QED) is 0.204. The van der Waals surface area contributed by atoms with Crippen molar-refractivity contribution >= 4 is 20.0 Å². The van der Waals surface area contributed by atoms with Gasteiger partial charge in [0.05, 0.1) is 26.3 Å². The second kappa shape index (κ2) is 14.6. The molecule has 0 aromatic rings. The first-order chi connectivity index (χ1) is 14.4. The summed E-state index contributed by atoms with van der Waals surface area (Å²) >= 11 is 0. The molecule has 0 aliphatic heterocycles. The van der Waals surface area contributed by atoms with E-state index in [9.17, 15) is 43.2 Å². The van der Waals surface area contributed by atoms with Gasteiger partial charge in [-0.2, -0.15) is 26.3 Å². The van der Waals surface area contributed by atoms with Crippen molar-refractivity contribution in [2.75, 3.05) is 39.4 Å². The third kappa shape index (κ3) is 12.5. The maximum atomic E-state index is 11.4. The molecule has 0 aromatic heterocycles. The Morgan fingerprint density at radius 2 is 1.06 bits per heavy atom. The van der Waals surface area contributed by atoms with E-state index in [2.05, 4.69) is 13.8 Å². The number of halogens is 6. The molecule has 0 fully saturated rings. The first kappa shape index (κ1) is 33.5. The van der Waals surface area contributed by atoms with Gasteiger partial charge in [0.15, 0.2) is 20.0 Å². The minimum Gasteiger partial charge on any atom is -0.421 e. The molecule has 0 bridgehead atoms. The molecule has 0 aromatic carbocycles. The van der Waals surface area contributed by atoms with Crippen LogP contribution in [0, 0.1) is 0 Å². The summed E-state index contributed by atoms with van der Waals surface area (Å²) in [5, 5.41) is 18.3. The van der Waals surface area contributed by atoms with E-state index in [0.717, 1.165) is 34.8 Å². The summed E-state index contributed by atoms with van der Waals surface area (Å²) in [6, 6.07) is 0. The van der Waals surface area contributed by atoms with Gasteiger partial charge in [-0.25, -0.2) is 16.8 Å². The smallest absolute Gasteiger partial charge is 0.421 e. The van der Waals surface area contributed by atoms with E-state index in [0.29, 0.717) is 0 Å². The van der Waals surface area contributed by atoms with Gasteiger partial charge < -0.3 is 18.8 Å². The average molecular weight is 527 g/mol. The second-order valence-corrected chi connectivity index (χ2v) is 10.4. The molecule has 0 unspecified atom stereocenters. The molecule has 0 rings (SSSR count). The van der Waals surface area contributed by atoms with Crippen LogP contribution in [0.15, 0.2) is 0 Å².